The highest BCUT2D eigenvalue weighted by atomic mass is 16.5. The van der Waals surface area contributed by atoms with Crippen LogP contribution in [-0.2, 0) is 14.9 Å². The highest BCUT2D eigenvalue weighted by molar-refractivity contribution is 5.96. The number of amides is 1. The van der Waals surface area contributed by atoms with Crippen LogP contribution in [0.4, 0.5) is 0 Å². The standard InChI is InChI=1S/C26H23NO3/c1-20(28)30-18-24-17-26(22-13-7-3-8-14-22,23-15-9-4-10-16-23)19-27(24)25(29)21-11-5-2-6-12-21/h2-17H,18-19H2,1H3. The second kappa shape index (κ2) is 8.37. The van der Waals surface area contributed by atoms with E-state index in [1.54, 1.807) is 17.0 Å². The fourth-order valence-corrected chi connectivity index (χ4v) is 3.98. The summed E-state index contributed by atoms with van der Waals surface area (Å²) in [4.78, 5) is 26.6. The lowest BCUT2D eigenvalue weighted by Crippen LogP contribution is -2.37. The Morgan fingerprint density at radius 3 is 1.83 bits per heavy atom. The Bertz CT molecular complexity index is 1020. The minimum absolute atomic E-state index is 0.0509. The lowest BCUT2D eigenvalue weighted by atomic mass is 9.75. The maximum absolute atomic E-state index is 13.4. The third-order valence-corrected chi connectivity index (χ3v) is 5.43. The van der Waals surface area contributed by atoms with E-state index in [9.17, 15) is 9.59 Å². The first kappa shape index (κ1) is 19.6. The largest absolute Gasteiger partial charge is 0.459 e. The van der Waals surface area contributed by atoms with Crippen LogP contribution in [0, 0.1) is 0 Å². The first-order chi connectivity index (χ1) is 14.6. The molecule has 1 aliphatic rings. The van der Waals surface area contributed by atoms with Gasteiger partial charge in [0.05, 0.1) is 11.1 Å². The Hall–Kier alpha value is -3.66. The Labute approximate surface area is 176 Å². The van der Waals surface area contributed by atoms with Gasteiger partial charge in [-0.3, -0.25) is 9.59 Å². The topological polar surface area (TPSA) is 46.6 Å². The quantitative estimate of drug-likeness (QED) is 0.592. The van der Waals surface area contributed by atoms with Crippen molar-refractivity contribution in [3.8, 4) is 0 Å². The van der Waals surface area contributed by atoms with E-state index in [4.69, 9.17) is 4.74 Å². The van der Waals surface area contributed by atoms with E-state index in [2.05, 4.69) is 30.3 Å². The molecule has 0 aromatic heterocycles. The molecule has 4 heteroatoms. The van der Waals surface area contributed by atoms with Crippen LogP contribution in [0.25, 0.3) is 0 Å². The third-order valence-electron chi connectivity index (χ3n) is 5.43. The van der Waals surface area contributed by atoms with Gasteiger partial charge in [-0.25, -0.2) is 0 Å². The number of carbonyl (C=O) groups is 2. The van der Waals surface area contributed by atoms with Crippen LogP contribution in [-0.4, -0.2) is 29.9 Å². The first-order valence-corrected chi connectivity index (χ1v) is 9.93. The second-order valence-corrected chi connectivity index (χ2v) is 7.38. The number of ether oxygens (including phenoxy) is 1. The summed E-state index contributed by atoms with van der Waals surface area (Å²) in [6.07, 6.45) is 2.07. The van der Waals surface area contributed by atoms with E-state index >= 15 is 0 Å². The smallest absolute Gasteiger partial charge is 0.303 e. The van der Waals surface area contributed by atoms with Crippen molar-refractivity contribution >= 4 is 11.9 Å². The first-order valence-electron chi connectivity index (χ1n) is 9.93. The maximum atomic E-state index is 13.4. The average molecular weight is 397 g/mol. The van der Waals surface area contributed by atoms with Crippen molar-refractivity contribution in [2.24, 2.45) is 0 Å². The van der Waals surface area contributed by atoms with Gasteiger partial charge < -0.3 is 9.64 Å². The maximum Gasteiger partial charge on any atom is 0.303 e. The van der Waals surface area contributed by atoms with Crippen LogP contribution in [0.15, 0.2) is 103 Å². The number of carbonyl (C=O) groups excluding carboxylic acids is 2. The van der Waals surface area contributed by atoms with Gasteiger partial charge in [0.25, 0.3) is 5.91 Å². The molecule has 1 aliphatic heterocycles. The summed E-state index contributed by atoms with van der Waals surface area (Å²) in [5.74, 6) is -0.484. The van der Waals surface area contributed by atoms with Gasteiger partial charge in [0.2, 0.25) is 0 Å². The molecule has 0 aliphatic carbocycles. The molecule has 4 nitrogen and oxygen atoms in total. The molecule has 0 saturated heterocycles. The van der Waals surface area contributed by atoms with Gasteiger partial charge in [0, 0.05) is 19.0 Å². The lowest BCUT2D eigenvalue weighted by molar-refractivity contribution is -0.140. The van der Waals surface area contributed by atoms with Gasteiger partial charge in [0.15, 0.2) is 0 Å². The van der Waals surface area contributed by atoms with Crippen LogP contribution in [0.2, 0.25) is 0 Å². The van der Waals surface area contributed by atoms with Crippen LogP contribution < -0.4 is 0 Å². The molecule has 0 unspecified atom stereocenters. The Morgan fingerprint density at radius 2 is 1.33 bits per heavy atom. The van der Waals surface area contributed by atoms with Crippen molar-refractivity contribution in [1.29, 1.82) is 0 Å². The van der Waals surface area contributed by atoms with Crippen molar-refractivity contribution in [3.63, 3.8) is 0 Å². The predicted molar refractivity (Wildman–Crippen MR) is 116 cm³/mol. The van der Waals surface area contributed by atoms with Gasteiger partial charge in [-0.1, -0.05) is 78.9 Å². The Kier molecular flexibility index (Phi) is 5.48. The summed E-state index contributed by atoms with van der Waals surface area (Å²) in [6.45, 7) is 1.86. The zero-order chi connectivity index (χ0) is 21.0. The minimum atomic E-state index is -0.525. The van der Waals surface area contributed by atoms with Crippen LogP contribution in [0.5, 0.6) is 0 Å². The molecule has 1 amide bonds. The molecule has 30 heavy (non-hydrogen) atoms. The normalized spacial score (nSPS) is 14.8. The predicted octanol–water partition coefficient (Wildman–Crippen LogP) is 4.58. The van der Waals surface area contributed by atoms with Crippen LogP contribution in [0.3, 0.4) is 0 Å². The summed E-state index contributed by atoms with van der Waals surface area (Å²) < 4.78 is 5.31. The van der Waals surface area contributed by atoms with E-state index < -0.39 is 5.41 Å². The highest BCUT2D eigenvalue weighted by Crippen LogP contribution is 2.41. The van der Waals surface area contributed by atoms with E-state index in [1.807, 2.05) is 54.6 Å². The highest BCUT2D eigenvalue weighted by Gasteiger charge is 2.43. The minimum Gasteiger partial charge on any atom is -0.459 e. The summed E-state index contributed by atoms with van der Waals surface area (Å²) in [7, 11) is 0. The van der Waals surface area contributed by atoms with E-state index in [-0.39, 0.29) is 18.5 Å². The Balaban J connectivity index is 1.82. The SMILES string of the molecule is CC(=O)OCC1=CC(c2ccccc2)(c2ccccc2)CN1C(=O)c1ccccc1. The summed E-state index contributed by atoms with van der Waals surface area (Å²) in [5.41, 5.74) is 2.93. The monoisotopic (exact) mass is 397 g/mol. The number of nitrogens with zero attached hydrogens (tertiary/aromatic N) is 1. The number of hydrogen-bond donors (Lipinski definition) is 0. The van der Waals surface area contributed by atoms with Crippen molar-refractivity contribution in [2.75, 3.05) is 13.2 Å². The van der Waals surface area contributed by atoms with Gasteiger partial charge >= 0.3 is 5.97 Å². The van der Waals surface area contributed by atoms with Crippen molar-refractivity contribution < 1.29 is 14.3 Å². The molecule has 1 heterocycles. The molecule has 0 bridgehead atoms. The van der Waals surface area contributed by atoms with Crippen molar-refractivity contribution in [1.82, 2.24) is 4.90 Å². The summed E-state index contributed by atoms with van der Waals surface area (Å²) in [6, 6.07) is 29.4. The molecule has 3 aromatic rings. The summed E-state index contributed by atoms with van der Waals surface area (Å²) in [5, 5.41) is 0. The zero-order valence-electron chi connectivity index (χ0n) is 16.8. The zero-order valence-corrected chi connectivity index (χ0v) is 16.8. The van der Waals surface area contributed by atoms with Gasteiger partial charge in [-0.05, 0) is 29.3 Å². The summed E-state index contributed by atoms with van der Waals surface area (Å²) >= 11 is 0. The van der Waals surface area contributed by atoms with Gasteiger partial charge in [-0.15, -0.1) is 0 Å². The molecule has 0 saturated carbocycles. The molecule has 0 radical (unpaired) electrons. The third kappa shape index (κ3) is 3.77. The van der Waals surface area contributed by atoms with Crippen molar-refractivity contribution in [2.45, 2.75) is 12.3 Å². The molecule has 0 N–H and O–H groups in total. The molecule has 3 aromatic carbocycles. The fraction of sp³-hybridized carbons (Fsp3) is 0.154. The molecule has 4 rings (SSSR count). The fourth-order valence-electron chi connectivity index (χ4n) is 3.98. The molecule has 0 spiro atoms. The van der Waals surface area contributed by atoms with E-state index in [0.29, 0.717) is 17.8 Å². The molecule has 0 fully saturated rings. The molecular formula is C26H23NO3. The molecular weight excluding hydrogens is 374 g/mol. The second-order valence-electron chi connectivity index (χ2n) is 7.38. The lowest BCUT2D eigenvalue weighted by Gasteiger charge is -2.31. The van der Waals surface area contributed by atoms with Crippen LogP contribution in [0.1, 0.15) is 28.4 Å². The number of rotatable bonds is 5. The van der Waals surface area contributed by atoms with Gasteiger partial charge in [0.1, 0.15) is 6.61 Å². The average Bonchev–Trinajstić information content (AvgIpc) is 3.20. The number of benzene rings is 3. The number of hydrogen-bond acceptors (Lipinski definition) is 3. The van der Waals surface area contributed by atoms with E-state index in [0.717, 1.165) is 11.1 Å². The van der Waals surface area contributed by atoms with E-state index in [1.165, 1.54) is 6.92 Å². The van der Waals surface area contributed by atoms with Crippen LogP contribution >= 0.6 is 0 Å². The Morgan fingerprint density at radius 1 is 0.833 bits per heavy atom. The van der Waals surface area contributed by atoms with Gasteiger partial charge in [-0.2, -0.15) is 0 Å². The number of esters is 1. The molecule has 0 atom stereocenters. The molecule has 150 valence electrons. The van der Waals surface area contributed by atoms with Crippen molar-refractivity contribution in [3.05, 3.63) is 119 Å².